The van der Waals surface area contributed by atoms with Crippen LogP contribution < -0.4 is 4.72 Å². The van der Waals surface area contributed by atoms with Gasteiger partial charge in [0.1, 0.15) is 0 Å². The average molecular weight is 332 g/mol. The van der Waals surface area contributed by atoms with E-state index in [9.17, 15) is 13.2 Å². The van der Waals surface area contributed by atoms with E-state index in [0.29, 0.717) is 0 Å². The maximum Gasteiger partial charge on any atom is 0.358 e. The SMILES string of the molecule is COC(=O)c1ncsc1S(=O)(=O)N[C@H](C)c1cccs1. The normalized spacial score (nSPS) is 13.1. The third-order valence-corrected chi connectivity index (χ3v) is 6.43. The second kappa shape index (κ2) is 6.00. The number of esters is 1. The van der Waals surface area contributed by atoms with E-state index in [1.165, 1.54) is 24.0 Å². The van der Waals surface area contributed by atoms with Crippen LogP contribution >= 0.6 is 22.7 Å². The molecule has 2 heterocycles. The van der Waals surface area contributed by atoms with Gasteiger partial charge in [0.05, 0.1) is 18.7 Å². The van der Waals surface area contributed by atoms with Crippen molar-refractivity contribution in [2.45, 2.75) is 17.2 Å². The number of rotatable bonds is 5. The predicted octanol–water partition coefficient (Wildman–Crippen LogP) is 2.03. The highest BCUT2D eigenvalue weighted by Crippen LogP contribution is 2.25. The summed E-state index contributed by atoms with van der Waals surface area (Å²) in [6.07, 6.45) is 0. The van der Waals surface area contributed by atoms with E-state index in [1.54, 1.807) is 6.92 Å². The lowest BCUT2D eigenvalue weighted by atomic mass is 10.3. The van der Waals surface area contributed by atoms with Crippen molar-refractivity contribution in [1.82, 2.24) is 9.71 Å². The number of hydrogen-bond acceptors (Lipinski definition) is 7. The summed E-state index contributed by atoms with van der Waals surface area (Å²) in [4.78, 5) is 16.1. The van der Waals surface area contributed by atoms with Gasteiger partial charge in [-0.25, -0.2) is 22.9 Å². The summed E-state index contributed by atoms with van der Waals surface area (Å²) in [7, 11) is -2.64. The number of thiophene rings is 1. The summed E-state index contributed by atoms with van der Waals surface area (Å²) in [5, 5.41) is 1.87. The summed E-state index contributed by atoms with van der Waals surface area (Å²) in [6.45, 7) is 1.74. The van der Waals surface area contributed by atoms with Gasteiger partial charge in [-0.1, -0.05) is 6.07 Å². The van der Waals surface area contributed by atoms with Crippen LogP contribution in [0.2, 0.25) is 0 Å². The Bertz CT molecular complexity index is 691. The van der Waals surface area contributed by atoms with Crippen molar-refractivity contribution in [2.24, 2.45) is 0 Å². The second-order valence-electron chi connectivity index (χ2n) is 3.84. The van der Waals surface area contributed by atoms with Crippen molar-refractivity contribution in [3.05, 3.63) is 33.6 Å². The molecule has 0 amide bonds. The number of carbonyl (C=O) groups is 1. The standard InChI is InChI=1S/C11H12N2O4S3/c1-7(8-4-3-5-18-8)13-20(15,16)11-9(10(14)17-2)12-6-19-11/h3-7,13H,1-2H3/t7-/m1/s1. The lowest BCUT2D eigenvalue weighted by Crippen LogP contribution is -2.27. The van der Waals surface area contributed by atoms with E-state index >= 15 is 0 Å². The minimum atomic E-state index is -3.82. The fourth-order valence-corrected chi connectivity index (χ4v) is 4.72. The molecule has 108 valence electrons. The Morgan fingerprint density at radius 2 is 2.20 bits per heavy atom. The van der Waals surface area contributed by atoms with Crippen molar-refractivity contribution in [1.29, 1.82) is 0 Å². The molecule has 0 saturated carbocycles. The second-order valence-corrected chi connectivity index (χ2v) is 7.58. The molecule has 2 rings (SSSR count). The summed E-state index contributed by atoms with van der Waals surface area (Å²) in [5.41, 5.74) is 1.11. The Morgan fingerprint density at radius 3 is 2.80 bits per heavy atom. The zero-order valence-electron chi connectivity index (χ0n) is 10.7. The molecule has 0 unspecified atom stereocenters. The van der Waals surface area contributed by atoms with E-state index in [-0.39, 0.29) is 15.9 Å². The molecule has 0 radical (unpaired) electrons. The van der Waals surface area contributed by atoms with Crippen molar-refractivity contribution >= 4 is 38.7 Å². The zero-order valence-corrected chi connectivity index (χ0v) is 13.1. The molecular weight excluding hydrogens is 320 g/mol. The van der Waals surface area contributed by atoms with Gasteiger partial charge in [-0.3, -0.25) is 0 Å². The van der Waals surface area contributed by atoms with Gasteiger partial charge in [0.2, 0.25) is 0 Å². The average Bonchev–Trinajstić information content (AvgIpc) is 3.08. The quantitative estimate of drug-likeness (QED) is 0.847. The smallest absolute Gasteiger partial charge is 0.358 e. The van der Waals surface area contributed by atoms with E-state index in [4.69, 9.17) is 0 Å². The highest BCUT2D eigenvalue weighted by molar-refractivity contribution is 7.91. The Kier molecular flexibility index (Phi) is 4.53. The van der Waals surface area contributed by atoms with Crippen LogP contribution in [-0.2, 0) is 14.8 Å². The summed E-state index contributed by atoms with van der Waals surface area (Å²) in [5.74, 6) is -0.768. The maximum absolute atomic E-state index is 12.3. The molecule has 9 heteroatoms. The molecule has 1 N–H and O–H groups in total. The molecule has 0 aromatic carbocycles. The molecule has 0 aliphatic rings. The van der Waals surface area contributed by atoms with Gasteiger partial charge in [0.25, 0.3) is 10.0 Å². The largest absolute Gasteiger partial charge is 0.464 e. The van der Waals surface area contributed by atoms with Crippen LogP contribution in [0.4, 0.5) is 0 Å². The van der Waals surface area contributed by atoms with Crippen molar-refractivity contribution in [3.63, 3.8) is 0 Å². The van der Waals surface area contributed by atoms with E-state index < -0.39 is 16.0 Å². The molecule has 1 atom stereocenters. The number of nitrogens with one attached hydrogen (secondary N) is 1. The first-order chi connectivity index (χ1) is 9.45. The maximum atomic E-state index is 12.3. The van der Waals surface area contributed by atoms with Crippen LogP contribution in [0.15, 0.2) is 27.2 Å². The Morgan fingerprint density at radius 1 is 1.45 bits per heavy atom. The molecule has 0 spiro atoms. The Labute approximate surface area is 124 Å². The summed E-state index contributed by atoms with van der Waals surface area (Å²) in [6, 6.07) is 3.30. The van der Waals surface area contributed by atoms with Crippen LogP contribution in [0, 0.1) is 0 Å². The van der Waals surface area contributed by atoms with Crippen LogP contribution in [0.25, 0.3) is 0 Å². The monoisotopic (exact) mass is 332 g/mol. The lowest BCUT2D eigenvalue weighted by Gasteiger charge is -2.12. The topological polar surface area (TPSA) is 85.4 Å². The minimum Gasteiger partial charge on any atom is -0.464 e. The zero-order chi connectivity index (χ0) is 14.8. The molecular formula is C11H12N2O4S3. The van der Waals surface area contributed by atoms with E-state index in [1.807, 2.05) is 17.5 Å². The minimum absolute atomic E-state index is 0.132. The molecule has 2 aromatic rings. The number of nitrogens with zero attached hydrogens (tertiary/aromatic N) is 1. The van der Waals surface area contributed by atoms with Gasteiger partial charge >= 0.3 is 5.97 Å². The first-order valence-electron chi connectivity index (χ1n) is 5.53. The van der Waals surface area contributed by atoms with Gasteiger partial charge in [-0.05, 0) is 18.4 Å². The molecule has 0 aliphatic carbocycles. The molecule has 0 saturated heterocycles. The van der Waals surface area contributed by atoms with Gasteiger partial charge in [-0.2, -0.15) is 0 Å². The number of hydrogen-bond donors (Lipinski definition) is 1. The van der Waals surface area contributed by atoms with Crippen LogP contribution in [-0.4, -0.2) is 26.5 Å². The van der Waals surface area contributed by atoms with Gasteiger partial charge in [0.15, 0.2) is 9.90 Å². The van der Waals surface area contributed by atoms with Crippen LogP contribution in [0.3, 0.4) is 0 Å². The van der Waals surface area contributed by atoms with Crippen molar-refractivity contribution in [2.75, 3.05) is 7.11 Å². The van der Waals surface area contributed by atoms with Gasteiger partial charge in [-0.15, -0.1) is 22.7 Å². The van der Waals surface area contributed by atoms with Crippen molar-refractivity contribution in [3.8, 4) is 0 Å². The molecule has 0 aliphatic heterocycles. The van der Waals surface area contributed by atoms with Gasteiger partial charge < -0.3 is 4.74 Å². The van der Waals surface area contributed by atoms with Crippen molar-refractivity contribution < 1.29 is 17.9 Å². The number of sulfonamides is 1. The molecule has 20 heavy (non-hydrogen) atoms. The predicted molar refractivity (Wildman–Crippen MR) is 76.5 cm³/mol. The fraction of sp³-hybridized carbons (Fsp3) is 0.273. The first-order valence-corrected chi connectivity index (χ1v) is 8.77. The Balaban J connectivity index is 2.27. The number of carbonyl (C=O) groups excluding carboxylic acids is 1. The molecule has 0 fully saturated rings. The highest BCUT2D eigenvalue weighted by atomic mass is 32.2. The summed E-state index contributed by atoms with van der Waals surface area (Å²) < 4.78 is 31.5. The third kappa shape index (κ3) is 3.06. The lowest BCUT2D eigenvalue weighted by molar-refractivity contribution is 0.0590. The number of thiazole rings is 1. The Hall–Kier alpha value is -1.29. The molecule has 6 nitrogen and oxygen atoms in total. The van der Waals surface area contributed by atoms with E-state index in [2.05, 4.69) is 14.4 Å². The number of aromatic nitrogens is 1. The third-order valence-electron chi connectivity index (χ3n) is 2.46. The van der Waals surface area contributed by atoms with E-state index in [0.717, 1.165) is 16.2 Å². The molecule has 2 aromatic heterocycles. The highest BCUT2D eigenvalue weighted by Gasteiger charge is 2.28. The molecule has 0 bridgehead atoms. The number of ether oxygens (including phenoxy) is 1. The first kappa shape index (κ1) is 15.1. The summed E-state index contributed by atoms with van der Waals surface area (Å²) >= 11 is 2.33. The van der Waals surface area contributed by atoms with Crippen LogP contribution in [0.5, 0.6) is 0 Å². The van der Waals surface area contributed by atoms with Crippen LogP contribution in [0.1, 0.15) is 28.3 Å². The van der Waals surface area contributed by atoms with Gasteiger partial charge in [0, 0.05) is 4.88 Å². The fourth-order valence-electron chi connectivity index (χ4n) is 1.54. The number of methoxy groups -OCH3 is 1.